The molecule has 3 amide bonds. The average molecular weight is 513 g/mol. The predicted molar refractivity (Wildman–Crippen MR) is 149 cm³/mol. The van der Waals surface area contributed by atoms with Gasteiger partial charge in [-0.1, -0.05) is 18.2 Å². The topological polar surface area (TPSA) is 83.1 Å². The van der Waals surface area contributed by atoms with Gasteiger partial charge in [0.2, 0.25) is 17.7 Å². The Balaban J connectivity index is 1.82. The van der Waals surface area contributed by atoms with Crippen molar-refractivity contribution in [3.63, 3.8) is 0 Å². The van der Waals surface area contributed by atoms with Gasteiger partial charge in [0.25, 0.3) is 0 Å². The highest BCUT2D eigenvalue weighted by Gasteiger charge is 2.50. The Kier molecular flexibility index (Phi) is 7.62. The first-order chi connectivity index (χ1) is 18.2. The molecule has 0 aliphatic carbocycles. The van der Waals surface area contributed by atoms with E-state index >= 15 is 0 Å². The van der Waals surface area contributed by atoms with Crippen LogP contribution in [0.15, 0.2) is 85.7 Å². The molecule has 196 valence electrons. The molecule has 8 heteroatoms. The van der Waals surface area contributed by atoms with E-state index < -0.39 is 17.2 Å². The molecular formula is C30H32N4O4. The van der Waals surface area contributed by atoms with Gasteiger partial charge in [-0.15, -0.1) is 6.58 Å². The summed E-state index contributed by atoms with van der Waals surface area (Å²) in [5.41, 5.74) is 0.695. The highest BCUT2D eigenvalue weighted by atomic mass is 16.5. The number of methoxy groups -OCH3 is 1. The number of hydrogen-bond donors (Lipinski definition) is 0. The zero-order chi connectivity index (χ0) is 27.4. The number of pyridine rings is 1. The molecule has 0 N–H and O–H groups in total. The number of fused-ring (bicyclic) bond motifs is 1. The lowest BCUT2D eigenvalue weighted by Gasteiger charge is -2.33. The summed E-state index contributed by atoms with van der Waals surface area (Å²) < 4.78 is 5.26. The van der Waals surface area contributed by atoms with Gasteiger partial charge in [0.05, 0.1) is 30.4 Å². The first kappa shape index (κ1) is 26.6. The highest BCUT2D eigenvalue weighted by molar-refractivity contribution is 6.24. The molecule has 2 heterocycles. The summed E-state index contributed by atoms with van der Waals surface area (Å²) in [7, 11) is 1.58. The third-order valence-corrected chi connectivity index (χ3v) is 6.69. The molecule has 2 aromatic carbocycles. The number of para-hydroxylation sites is 2. The zero-order valence-electron chi connectivity index (χ0n) is 22.1. The van der Waals surface area contributed by atoms with E-state index in [4.69, 9.17) is 4.74 Å². The maximum atomic E-state index is 14.2. The fourth-order valence-corrected chi connectivity index (χ4v) is 4.78. The smallest absolute Gasteiger partial charge is 0.247 e. The molecule has 4 rings (SSSR count). The van der Waals surface area contributed by atoms with Crippen molar-refractivity contribution in [2.75, 3.05) is 28.4 Å². The first-order valence-corrected chi connectivity index (χ1v) is 12.5. The lowest BCUT2D eigenvalue weighted by Crippen LogP contribution is -2.52. The number of carbonyl (C=O) groups excluding carboxylic acids is 3. The molecule has 8 nitrogen and oxygen atoms in total. The minimum atomic E-state index is -1.49. The number of anilines is 4. The molecular weight excluding hydrogens is 480 g/mol. The van der Waals surface area contributed by atoms with E-state index in [1.165, 1.54) is 9.80 Å². The van der Waals surface area contributed by atoms with Crippen LogP contribution >= 0.6 is 0 Å². The standard InChI is InChI=1S/C30H32N4O4/c1-6-17-30(4)28(36)32(20-27(35)33(21(2)3)22-13-15-24(38-5)16-14-22)25-11-7-8-12-26(25)34(29(30)37)23-10-9-18-31-19-23/h6-16,18-19,21H,1,17,20H2,2-5H3. The van der Waals surface area contributed by atoms with E-state index in [0.29, 0.717) is 28.5 Å². The number of carbonyl (C=O) groups is 3. The van der Waals surface area contributed by atoms with E-state index in [9.17, 15) is 14.4 Å². The van der Waals surface area contributed by atoms with Crippen molar-refractivity contribution in [1.82, 2.24) is 4.98 Å². The molecule has 0 saturated carbocycles. The van der Waals surface area contributed by atoms with Crippen LogP contribution in [0.3, 0.4) is 0 Å². The Hall–Kier alpha value is -4.46. The summed E-state index contributed by atoms with van der Waals surface area (Å²) in [6, 6.07) is 17.6. The SMILES string of the molecule is C=CCC1(C)C(=O)N(CC(=O)N(c2ccc(OC)cc2)C(C)C)c2ccccc2N(c2cccnc2)C1=O. The van der Waals surface area contributed by atoms with Crippen LogP contribution in [0.4, 0.5) is 22.7 Å². The number of nitrogens with zero attached hydrogens (tertiary/aromatic N) is 4. The van der Waals surface area contributed by atoms with Crippen LogP contribution in [-0.4, -0.2) is 42.4 Å². The van der Waals surface area contributed by atoms with Crippen LogP contribution in [-0.2, 0) is 14.4 Å². The Morgan fingerprint density at radius 2 is 1.74 bits per heavy atom. The van der Waals surface area contributed by atoms with Gasteiger partial charge in [0.1, 0.15) is 17.7 Å². The van der Waals surface area contributed by atoms with Gasteiger partial charge in [-0.3, -0.25) is 29.2 Å². The zero-order valence-corrected chi connectivity index (χ0v) is 22.1. The monoisotopic (exact) mass is 512 g/mol. The molecule has 1 unspecified atom stereocenters. The second kappa shape index (κ2) is 10.9. The van der Waals surface area contributed by atoms with E-state index in [2.05, 4.69) is 11.6 Å². The molecule has 38 heavy (non-hydrogen) atoms. The van der Waals surface area contributed by atoms with E-state index in [1.54, 1.807) is 85.9 Å². The van der Waals surface area contributed by atoms with Crippen LogP contribution in [0.5, 0.6) is 5.75 Å². The maximum absolute atomic E-state index is 14.2. The number of rotatable bonds is 8. The van der Waals surface area contributed by atoms with Crippen molar-refractivity contribution in [2.24, 2.45) is 5.41 Å². The Morgan fingerprint density at radius 3 is 2.32 bits per heavy atom. The first-order valence-electron chi connectivity index (χ1n) is 12.5. The lowest BCUT2D eigenvalue weighted by atomic mass is 9.83. The number of allylic oxidation sites excluding steroid dienone is 1. The van der Waals surface area contributed by atoms with Gasteiger partial charge in [-0.25, -0.2) is 0 Å². The molecule has 1 aromatic heterocycles. The van der Waals surface area contributed by atoms with Crippen molar-refractivity contribution in [3.8, 4) is 5.75 Å². The highest BCUT2D eigenvalue weighted by Crippen LogP contribution is 2.44. The summed E-state index contributed by atoms with van der Waals surface area (Å²) in [4.78, 5) is 50.9. The van der Waals surface area contributed by atoms with Crippen LogP contribution in [0.1, 0.15) is 27.2 Å². The third-order valence-electron chi connectivity index (χ3n) is 6.69. The quantitative estimate of drug-likeness (QED) is 0.309. The predicted octanol–water partition coefficient (Wildman–Crippen LogP) is 5.13. The van der Waals surface area contributed by atoms with Gasteiger partial charge in [-0.05, 0) is 75.7 Å². The van der Waals surface area contributed by atoms with Gasteiger partial charge >= 0.3 is 0 Å². The van der Waals surface area contributed by atoms with Crippen LogP contribution < -0.4 is 19.4 Å². The second-order valence-corrected chi connectivity index (χ2v) is 9.61. The average Bonchev–Trinajstić information content (AvgIpc) is 2.98. The molecule has 1 atom stereocenters. The Bertz CT molecular complexity index is 1340. The van der Waals surface area contributed by atoms with Crippen molar-refractivity contribution in [3.05, 3.63) is 85.7 Å². The summed E-state index contributed by atoms with van der Waals surface area (Å²) >= 11 is 0. The lowest BCUT2D eigenvalue weighted by molar-refractivity contribution is -0.139. The van der Waals surface area contributed by atoms with Gasteiger partial charge < -0.3 is 9.64 Å². The van der Waals surface area contributed by atoms with E-state index in [0.717, 1.165) is 0 Å². The van der Waals surface area contributed by atoms with Gasteiger partial charge in [-0.2, -0.15) is 0 Å². The van der Waals surface area contributed by atoms with E-state index in [1.807, 2.05) is 26.0 Å². The molecule has 0 fully saturated rings. The normalized spacial score (nSPS) is 17.2. The van der Waals surface area contributed by atoms with E-state index in [-0.39, 0.29) is 24.9 Å². The largest absolute Gasteiger partial charge is 0.497 e. The summed E-state index contributed by atoms with van der Waals surface area (Å²) in [6.45, 7) is 8.98. The summed E-state index contributed by atoms with van der Waals surface area (Å²) in [5, 5.41) is 0. The molecule has 0 radical (unpaired) electrons. The van der Waals surface area contributed by atoms with Crippen molar-refractivity contribution < 1.29 is 19.1 Å². The minimum Gasteiger partial charge on any atom is -0.497 e. The fraction of sp³-hybridized carbons (Fsp3) is 0.267. The number of aromatic nitrogens is 1. The summed E-state index contributed by atoms with van der Waals surface area (Å²) in [5.74, 6) is -0.478. The molecule has 1 aliphatic heterocycles. The number of benzene rings is 2. The number of amides is 3. The maximum Gasteiger partial charge on any atom is 0.247 e. The van der Waals surface area contributed by atoms with Crippen molar-refractivity contribution >= 4 is 40.5 Å². The molecule has 0 saturated heterocycles. The van der Waals surface area contributed by atoms with Gasteiger partial charge in [0.15, 0.2) is 0 Å². The third kappa shape index (κ3) is 4.77. The van der Waals surface area contributed by atoms with Crippen molar-refractivity contribution in [2.45, 2.75) is 33.2 Å². The van der Waals surface area contributed by atoms with Crippen LogP contribution in [0.25, 0.3) is 0 Å². The second-order valence-electron chi connectivity index (χ2n) is 9.61. The minimum absolute atomic E-state index is 0.104. The Morgan fingerprint density at radius 1 is 1.05 bits per heavy atom. The fourth-order valence-electron chi connectivity index (χ4n) is 4.78. The number of ether oxygens (including phenoxy) is 1. The van der Waals surface area contributed by atoms with Crippen LogP contribution in [0, 0.1) is 5.41 Å². The van der Waals surface area contributed by atoms with Gasteiger partial charge in [0, 0.05) is 17.9 Å². The molecule has 3 aromatic rings. The molecule has 0 bridgehead atoms. The van der Waals surface area contributed by atoms with Crippen molar-refractivity contribution in [1.29, 1.82) is 0 Å². The number of hydrogen-bond acceptors (Lipinski definition) is 5. The summed E-state index contributed by atoms with van der Waals surface area (Å²) in [6.07, 6.45) is 4.87. The van der Waals surface area contributed by atoms with Crippen LogP contribution in [0.2, 0.25) is 0 Å². The molecule has 0 spiro atoms. The Labute approximate surface area is 223 Å². The molecule has 1 aliphatic rings.